The van der Waals surface area contributed by atoms with E-state index in [-0.39, 0.29) is 31.3 Å². The number of aliphatic imine (C=N–C) groups is 1. The highest BCUT2D eigenvalue weighted by atomic mass is 32.1. The van der Waals surface area contributed by atoms with Crippen LogP contribution in [0.2, 0.25) is 0 Å². The second-order valence-corrected chi connectivity index (χ2v) is 8.44. The van der Waals surface area contributed by atoms with E-state index >= 15 is 0 Å². The SMILES string of the molecule is NC1=NC2=C(CC(CCN(C(=O)c3cccs3)[C@@H](CCC(=O)O)C(=O)O)CN2)C(N)N1. The molecule has 2 aliphatic heterocycles. The molecule has 1 aromatic rings. The number of carbonyl (C=O) groups excluding carboxylic acids is 1. The molecule has 1 aromatic heterocycles. The van der Waals surface area contributed by atoms with Crippen LogP contribution in [0.25, 0.3) is 0 Å². The van der Waals surface area contributed by atoms with Crippen LogP contribution in [-0.2, 0) is 9.59 Å². The van der Waals surface area contributed by atoms with Gasteiger partial charge in [-0.05, 0) is 36.6 Å². The standard InChI is InChI=1S/C19H26N6O5S/c20-15-11-8-10(9-22-16(11)24-19(21)23-15)5-6-25(17(28)13-2-1-7-31-13)12(18(29)30)3-4-14(26)27/h1-2,7,10,12,15,22H,3-6,8-9,20H2,(H,26,27)(H,29,30)(H3,21,23,24)/t10?,12-,15?/m0/s1. The molecule has 12 heteroatoms. The van der Waals surface area contributed by atoms with Gasteiger partial charge in [0, 0.05) is 25.1 Å². The lowest BCUT2D eigenvalue weighted by molar-refractivity contribution is -0.143. The summed E-state index contributed by atoms with van der Waals surface area (Å²) in [5, 5.41) is 26.5. The molecule has 2 aliphatic rings. The zero-order valence-corrected chi connectivity index (χ0v) is 17.6. The Labute approximate surface area is 182 Å². The molecule has 0 aromatic carbocycles. The van der Waals surface area contributed by atoms with Crippen LogP contribution in [0, 0.1) is 5.92 Å². The number of hydrogen-bond donors (Lipinski definition) is 6. The summed E-state index contributed by atoms with van der Waals surface area (Å²) >= 11 is 1.22. The number of nitrogens with two attached hydrogens (primary N) is 2. The van der Waals surface area contributed by atoms with Crippen LogP contribution in [0.4, 0.5) is 0 Å². The zero-order valence-electron chi connectivity index (χ0n) is 16.8. The van der Waals surface area contributed by atoms with Gasteiger partial charge in [0.05, 0.1) is 4.88 Å². The van der Waals surface area contributed by atoms with Gasteiger partial charge in [0.25, 0.3) is 5.91 Å². The maximum atomic E-state index is 13.0. The van der Waals surface area contributed by atoms with Crippen LogP contribution in [0.3, 0.4) is 0 Å². The van der Waals surface area contributed by atoms with Gasteiger partial charge in [-0.2, -0.15) is 4.99 Å². The molecule has 31 heavy (non-hydrogen) atoms. The zero-order chi connectivity index (χ0) is 22.5. The number of aliphatic carboxylic acids is 2. The van der Waals surface area contributed by atoms with Crippen molar-refractivity contribution >= 4 is 35.1 Å². The van der Waals surface area contributed by atoms with E-state index in [1.165, 1.54) is 16.2 Å². The van der Waals surface area contributed by atoms with E-state index in [0.29, 0.717) is 30.1 Å². The third kappa shape index (κ3) is 5.52. The third-order valence-electron chi connectivity index (χ3n) is 5.35. The molecular formula is C19H26N6O5S. The molecule has 8 N–H and O–H groups in total. The lowest BCUT2D eigenvalue weighted by atomic mass is 9.90. The maximum absolute atomic E-state index is 13.0. The van der Waals surface area contributed by atoms with Crippen molar-refractivity contribution in [3.63, 3.8) is 0 Å². The van der Waals surface area contributed by atoms with E-state index in [1.54, 1.807) is 17.5 Å². The third-order valence-corrected chi connectivity index (χ3v) is 6.20. The Balaban J connectivity index is 1.73. The average Bonchev–Trinajstić information content (AvgIpc) is 3.24. The Morgan fingerprint density at radius 1 is 1.35 bits per heavy atom. The van der Waals surface area contributed by atoms with Crippen molar-refractivity contribution in [3.8, 4) is 0 Å². The summed E-state index contributed by atoms with van der Waals surface area (Å²) in [5.74, 6) is -1.76. The van der Waals surface area contributed by atoms with Gasteiger partial charge in [-0.3, -0.25) is 9.59 Å². The minimum Gasteiger partial charge on any atom is -0.481 e. The van der Waals surface area contributed by atoms with Crippen LogP contribution in [0.5, 0.6) is 0 Å². The van der Waals surface area contributed by atoms with Crippen LogP contribution in [-0.4, -0.2) is 64.2 Å². The van der Waals surface area contributed by atoms with Gasteiger partial charge < -0.3 is 37.2 Å². The molecule has 0 bridgehead atoms. The second kappa shape index (κ2) is 9.79. The van der Waals surface area contributed by atoms with E-state index in [9.17, 15) is 19.5 Å². The van der Waals surface area contributed by atoms with Crippen LogP contribution >= 0.6 is 11.3 Å². The number of hydrogen-bond acceptors (Lipinski definition) is 9. The first-order valence-electron chi connectivity index (χ1n) is 9.88. The first-order valence-corrected chi connectivity index (χ1v) is 10.8. The Morgan fingerprint density at radius 3 is 2.77 bits per heavy atom. The van der Waals surface area contributed by atoms with E-state index in [2.05, 4.69) is 15.6 Å². The second-order valence-electron chi connectivity index (χ2n) is 7.49. The monoisotopic (exact) mass is 450 g/mol. The Hall–Kier alpha value is -3.12. The molecule has 2 unspecified atom stereocenters. The minimum absolute atomic E-state index is 0.0914. The summed E-state index contributed by atoms with van der Waals surface area (Å²) in [7, 11) is 0. The fourth-order valence-electron chi connectivity index (χ4n) is 3.76. The Morgan fingerprint density at radius 2 is 2.13 bits per heavy atom. The summed E-state index contributed by atoms with van der Waals surface area (Å²) in [6, 6.07) is 2.12. The quantitative estimate of drug-likeness (QED) is 0.299. The smallest absolute Gasteiger partial charge is 0.326 e. The normalized spacial score (nSPS) is 21.3. The van der Waals surface area contributed by atoms with Crippen molar-refractivity contribution in [1.29, 1.82) is 0 Å². The number of nitrogens with one attached hydrogen (secondary N) is 2. The van der Waals surface area contributed by atoms with E-state index in [0.717, 1.165) is 5.57 Å². The van der Waals surface area contributed by atoms with Gasteiger partial charge in [0.15, 0.2) is 5.96 Å². The number of carboxylic acid groups (broad SMARTS) is 2. The molecule has 1 amide bonds. The predicted octanol–water partition coefficient (Wildman–Crippen LogP) is -0.0778. The largest absolute Gasteiger partial charge is 0.481 e. The summed E-state index contributed by atoms with van der Waals surface area (Å²) in [5.41, 5.74) is 12.7. The summed E-state index contributed by atoms with van der Waals surface area (Å²) in [6.45, 7) is 0.757. The number of nitrogens with zero attached hydrogens (tertiary/aromatic N) is 2. The van der Waals surface area contributed by atoms with Crippen molar-refractivity contribution in [2.45, 2.75) is 37.9 Å². The molecule has 11 nitrogen and oxygen atoms in total. The lowest BCUT2D eigenvalue weighted by Crippen LogP contribution is -2.52. The van der Waals surface area contributed by atoms with Crippen molar-refractivity contribution < 1.29 is 24.6 Å². The van der Waals surface area contributed by atoms with E-state index in [4.69, 9.17) is 16.6 Å². The topological polar surface area (TPSA) is 183 Å². The summed E-state index contributed by atoms with van der Waals surface area (Å²) < 4.78 is 0. The number of carboxylic acids is 2. The molecule has 0 saturated heterocycles. The molecule has 168 valence electrons. The minimum atomic E-state index is -1.22. The van der Waals surface area contributed by atoms with Gasteiger partial charge >= 0.3 is 11.9 Å². The highest BCUT2D eigenvalue weighted by Crippen LogP contribution is 2.27. The molecule has 0 spiro atoms. The Bertz CT molecular complexity index is 900. The number of amides is 1. The summed E-state index contributed by atoms with van der Waals surface area (Å²) in [4.78, 5) is 41.8. The van der Waals surface area contributed by atoms with Gasteiger partial charge in [0.2, 0.25) is 0 Å². The molecule has 0 fully saturated rings. The van der Waals surface area contributed by atoms with E-state index < -0.39 is 30.1 Å². The highest BCUT2D eigenvalue weighted by molar-refractivity contribution is 7.12. The molecular weight excluding hydrogens is 424 g/mol. The molecule has 0 aliphatic carbocycles. The van der Waals surface area contributed by atoms with Crippen molar-refractivity contribution in [2.24, 2.45) is 22.4 Å². The van der Waals surface area contributed by atoms with Crippen LogP contribution in [0.15, 0.2) is 33.9 Å². The van der Waals surface area contributed by atoms with Crippen molar-refractivity contribution in [2.75, 3.05) is 13.1 Å². The van der Waals surface area contributed by atoms with Gasteiger partial charge in [-0.1, -0.05) is 6.07 Å². The fraction of sp³-hybridized carbons (Fsp3) is 0.474. The maximum Gasteiger partial charge on any atom is 0.326 e. The molecule has 0 saturated carbocycles. The first kappa shape index (κ1) is 22.6. The van der Waals surface area contributed by atoms with Crippen molar-refractivity contribution in [1.82, 2.24) is 15.5 Å². The van der Waals surface area contributed by atoms with Crippen molar-refractivity contribution in [3.05, 3.63) is 33.8 Å². The fourth-order valence-corrected chi connectivity index (χ4v) is 4.44. The van der Waals surface area contributed by atoms with Gasteiger partial charge in [-0.25, -0.2) is 4.79 Å². The first-order chi connectivity index (χ1) is 14.8. The number of carbonyl (C=O) groups is 3. The van der Waals surface area contributed by atoms with Gasteiger partial charge in [-0.15, -0.1) is 11.3 Å². The van der Waals surface area contributed by atoms with E-state index in [1.807, 2.05) is 0 Å². The summed E-state index contributed by atoms with van der Waals surface area (Å²) in [6.07, 6.45) is 0.175. The number of rotatable bonds is 9. The molecule has 3 heterocycles. The highest BCUT2D eigenvalue weighted by Gasteiger charge is 2.33. The van der Waals surface area contributed by atoms with Gasteiger partial charge in [0.1, 0.15) is 18.0 Å². The predicted molar refractivity (Wildman–Crippen MR) is 114 cm³/mol. The number of guanidine groups is 1. The number of thiophene rings is 1. The lowest BCUT2D eigenvalue weighted by Gasteiger charge is -2.35. The molecule has 3 atom stereocenters. The average molecular weight is 451 g/mol. The Kier molecular flexibility index (Phi) is 7.13. The van der Waals surface area contributed by atoms with Crippen LogP contribution in [0.1, 0.15) is 35.4 Å². The molecule has 0 radical (unpaired) electrons. The van der Waals surface area contributed by atoms with Crippen LogP contribution < -0.4 is 22.1 Å². The molecule has 3 rings (SSSR count).